The van der Waals surface area contributed by atoms with E-state index in [0.29, 0.717) is 33.8 Å². The first kappa shape index (κ1) is 21.9. The van der Waals surface area contributed by atoms with Gasteiger partial charge in [0.1, 0.15) is 17.3 Å². The van der Waals surface area contributed by atoms with Crippen LogP contribution in [0.25, 0.3) is 22.4 Å². The Kier molecular flexibility index (Phi) is 6.03. The number of Topliss-reactive ketones (excluding diaryl/α,β-unsaturated/α-hetero) is 1. The van der Waals surface area contributed by atoms with Crippen LogP contribution in [0.2, 0.25) is 0 Å². The number of hydrogen-bond acceptors (Lipinski definition) is 8. The van der Waals surface area contributed by atoms with E-state index in [1.807, 2.05) is 0 Å². The lowest BCUT2D eigenvalue weighted by Crippen LogP contribution is -2.15. The fourth-order valence-corrected chi connectivity index (χ4v) is 3.34. The fraction of sp³-hybridized carbons (Fsp3) is 0.167. The molecule has 4 rings (SSSR count). The number of benzene rings is 2. The highest BCUT2D eigenvalue weighted by Crippen LogP contribution is 2.28. The number of esters is 1. The van der Waals surface area contributed by atoms with Crippen molar-refractivity contribution in [2.45, 2.75) is 6.92 Å². The number of ketones is 1. The van der Waals surface area contributed by atoms with Crippen LogP contribution in [-0.4, -0.2) is 42.7 Å². The van der Waals surface area contributed by atoms with Crippen LogP contribution >= 0.6 is 0 Å². The van der Waals surface area contributed by atoms with E-state index in [1.165, 1.54) is 50.6 Å². The van der Waals surface area contributed by atoms with Gasteiger partial charge in [0, 0.05) is 11.6 Å². The largest absolute Gasteiger partial charge is 0.497 e. The van der Waals surface area contributed by atoms with Crippen molar-refractivity contribution in [2.24, 2.45) is 0 Å². The quantitative estimate of drug-likeness (QED) is 0.302. The van der Waals surface area contributed by atoms with Gasteiger partial charge in [-0.2, -0.15) is 0 Å². The third-order valence-corrected chi connectivity index (χ3v) is 5.02. The van der Waals surface area contributed by atoms with Crippen molar-refractivity contribution in [1.29, 1.82) is 0 Å². The van der Waals surface area contributed by atoms with Crippen LogP contribution < -0.4 is 9.47 Å². The Balaban J connectivity index is 1.62. The van der Waals surface area contributed by atoms with E-state index in [2.05, 4.69) is 10.1 Å². The predicted molar refractivity (Wildman–Crippen MR) is 116 cm³/mol. The lowest BCUT2D eigenvalue weighted by Gasteiger charge is -2.11. The summed E-state index contributed by atoms with van der Waals surface area (Å²) >= 11 is 0. The smallest absolute Gasteiger partial charge is 0.339 e. The lowest BCUT2D eigenvalue weighted by molar-refractivity contribution is 0.0475. The maximum absolute atomic E-state index is 13.3. The van der Waals surface area contributed by atoms with Crippen molar-refractivity contribution in [2.75, 3.05) is 20.8 Å². The molecule has 0 saturated carbocycles. The van der Waals surface area contributed by atoms with Crippen LogP contribution in [0.4, 0.5) is 4.39 Å². The second-order valence-electron chi connectivity index (χ2n) is 7.08. The molecule has 33 heavy (non-hydrogen) atoms. The van der Waals surface area contributed by atoms with Crippen molar-refractivity contribution in [3.63, 3.8) is 0 Å². The van der Waals surface area contributed by atoms with Crippen LogP contribution in [0.15, 0.2) is 53.1 Å². The van der Waals surface area contributed by atoms with Gasteiger partial charge in [-0.3, -0.25) is 4.79 Å². The van der Waals surface area contributed by atoms with Gasteiger partial charge >= 0.3 is 5.97 Å². The van der Waals surface area contributed by atoms with Gasteiger partial charge in [-0.05, 0) is 49.4 Å². The number of carbonyl (C=O) groups excluding carboxylic acids is 2. The number of halogens is 1. The molecular formula is C24H19FN2O6. The molecule has 0 N–H and O–H groups in total. The molecule has 0 spiro atoms. The zero-order valence-corrected chi connectivity index (χ0v) is 18.0. The Morgan fingerprint density at radius 1 is 1.00 bits per heavy atom. The summed E-state index contributed by atoms with van der Waals surface area (Å²) in [7, 11) is 2.93. The predicted octanol–water partition coefficient (Wildman–Crippen LogP) is 4.39. The molecule has 0 amide bonds. The molecule has 8 nitrogen and oxygen atoms in total. The second-order valence-corrected chi connectivity index (χ2v) is 7.08. The highest BCUT2D eigenvalue weighted by molar-refractivity contribution is 6.06. The van der Waals surface area contributed by atoms with E-state index in [-0.39, 0.29) is 16.8 Å². The maximum atomic E-state index is 13.3. The van der Waals surface area contributed by atoms with Crippen LogP contribution in [0.1, 0.15) is 26.4 Å². The van der Waals surface area contributed by atoms with Crippen molar-refractivity contribution >= 4 is 22.9 Å². The average molecular weight is 450 g/mol. The van der Waals surface area contributed by atoms with E-state index in [4.69, 9.17) is 18.7 Å². The number of ether oxygens (including phenoxy) is 3. The Morgan fingerprint density at radius 2 is 1.76 bits per heavy atom. The van der Waals surface area contributed by atoms with Crippen LogP contribution in [0.5, 0.6) is 11.5 Å². The Hall–Kier alpha value is -4.27. The van der Waals surface area contributed by atoms with Crippen molar-refractivity contribution in [1.82, 2.24) is 10.1 Å². The number of aromatic nitrogens is 2. The van der Waals surface area contributed by atoms with Gasteiger partial charge in [-0.15, -0.1) is 0 Å². The second kappa shape index (κ2) is 9.07. The van der Waals surface area contributed by atoms with Gasteiger partial charge in [-0.1, -0.05) is 5.16 Å². The van der Waals surface area contributed by atoms with Crippen molar-refractivity contribution < 1.29 is 32.7 Å². The molecule has 4 aromatic rings. The molecule has 0 fully saturated rings. The molecule has 2 heterocycles. The Labute approximate surface area is 187 Å². The highest BCUT2D eigenvalue weighted by atomic mass is 19.1. The van der Waals surface area contributed by atoms with Gasteiger partial charge in [0.05, 0.1) is 42.1 Å². The molecule has 0 atom stereocenters. The molecule has 0 bridgehead atoms. The van der Waals surface area contributed by atoms with Gasteiger partial charge < -0.3 is 18.7 Å². The van der Waals surface area contributed by atoms with Crippen molar-refractivity contribution in [3.05, 3.63) is 71.2 Å². The number of methoxy groups -OCH3 is 2. The summed E-state index contributed by atoms with van der Waals surface area (Å²) in [5.41, 5.74) is 1.89. The number of pyridine rings is 1. The zero-order chi connectivity index (χ0) is 23.5. The number of hydrogen-bond donors (Lipinski definition) is 0. The van der Waals surface area contributed by atoms with E-state index in [9.17, 15) is 14.0 Å². The molecule has 0 aliphatic rings. The molecule has 0 aliphatic heterocycles. The van der Waals surface area contributed by atoms with Crippen LogP contribution in [-0.2, 0) is 4.74 Å². The third kappa shape index (κ3) is 4.38. The number of nitrogens with zero attached hydrogens (tertiary/aromatic N) is 2. The summed E-state index contributed by atoms with van der Waals surface area (Å²) in [4.78, 5) is 30.0. The molecule has 0 radical (unpaired) electrons. The summed E-state index contributed by atoms with van der Waals surface area (Å²) in [6.45, 7) is 1.15. The van der Waals surface area contributed by atoms with Crippen LogP contribution in [0, 0.1) is 12.7 Å². The molecular weight excluding hydrogens is 431 g/mol. The summed E-state index contributed by atoms with van der Waals surface area (Å²) in [5.74, 6) is -0.778. The van der Waals surface area contributed by atoms with E-state index in [0.717, 1.165) is 0 Å². The molecule has 2 aromatic carbocycles. The Bertz CT molecular complexity index is 1350. The topological polar surface area (TPSA) is 101 Å². The summed E-state index contributed by atoms with van der Waals surface area (Å²) in [6, 6.07) is 11.8. The minimum Gasteiger partial charge on any atom is -0.497 e. The fourth-order valence-electron chi connectivity index (χ4n) is 3.34. The monoisotopic (exact) mass is 450 g/mol. The zero-order valence-electron chi connectivity index (χ0n) is 18.0. The van der Waals surface area contributed by atoms with Gasteiger partial charge in [0.2, 0.25) is 5.78 Å². The molecule has 0 unspecified atom stereocenters. The molecule has 0 saturated heterocycles. The molecule has 0 aliphatic carbocycles. The minimum atomic E-state index is -0.752. The summed E-state index contributed by atoms with van der Waals surface area (Å²) < 4.78 is 34.2. The van der Waals surface area contributed by atoms with Gasteiger partial charge in [0.15, 0.2) is 6.61 Å². The molecule has 9 heteroatoms. The van der Waals surface area contributed by atoms with Gasteiger partial charge in [-0.25, -0.2) is 14.2 Å². The average Bonchev–Trinajstić information content (AvgIpc) is 3.22. The first-order chi connectivity index (χ1) is 15.9. The van der Waals surface area contributed by atoms with Crippen LogP contribution in [0.3, 0.4) is 0 Å². The number of fused-ring (bicyclic) bond motifs is 1. The maximum Gasteiger partial charge on any atom is 0.339 e. The first-order valence-corrected chi connectivity index (χ1v) is 9.86. The Morgan fingerprint density at radius 3 is 2.45 bits per heavy atom. The molecule has 2 aromatic heterocycles. The van der Waals surface area contributed by atoms with E-state index >= 15 is 0 Å². The molecule has 168 valence electrons. The highest BCUT2D eigenvalue weighted by Gasteiger charge is 2.22. The van der Waals surface area contributed by atoms with E-state index < -0.39 is 24.2 Å². The standard InChI is InChI=1S/C24H19FN2O6/c1-13-22-18(11-19(26-23(22)33-27-13)14-4-6-15(25)7-5-14)24(29)32-12-20(28)17-9-8-16(30-2)10-21(17)31-3/h4-11H,12H2,1-3H3. The lowest BCUT2D eigenvalue weighted by atomic mass is 10.1. The first-order valence-electron chi connectivity index (χ1n) is 9.86. The third-order valence-electron chi connectivity index (χ3n) is 5.02. The number of aryl methyl sites for hydroxylation is 1. The van der Waals surface area contributed by atoms with Gasteiger partial charge in [0.25, 0.3) is 5.71 Å². The van der Waals surface area contributed by atoms with E-state index in [1.54, 1.807) is 19.1 Å². The summed E-state index contributed by atoms with van der Waals surface area (Å²) in [5, 5.41) is 4.24. The SMILES string of the molecule is COc1ccc(C(=O)COC(=O)c2cc(-c3ccc(F)cc3)nc3onc(C)c23)c(OC)c1. The minimum absolute atomic E-state index is 0.129. The summed E-state index contributed by atoms with van der Waals surface area (Å²) in [6.07, 6.45) is 0. The number of rotatable bonds is 7. The van der Waals surface area contributed by atoms with Crippen molar-refractivity contribution in [3.8, 4) is 22.8 Å². The normalized spacial score (nSPS) is 10.8. The number of carbonyl (C=O) groups is 2.